The number of nitrogens with one attached hydrogen (secondary N) is 1. The van der Waals surface area contributed by atoms with Crippen LogP contribution in [0.15, 0.2) is 77.9 Å². The Bertz CT molecular complexity index is 1150. The molecule has 150 valence electrons. The number of benzene rings is 3. The van der Waals surface area contributed by atoms with Crippen LogP contribution in [0.4, 0.5) is 11.4 Å². The highest BCUT2D eigenvalue weighted by Crippen LogP contribution is 2.32. The predicted molar refractivity (Wildman–Crippen MR) is 121 cm³/mol. The highest BCUT2D eigenvalue weighted by Gasteiger charge is 2.12. The lowest BCUT2D eigenvalue weighted by atomic mass is 10.1. The van der Waals surface area contributed by atoms with E-state index < -0.39 is 0 Å². The first-order valence-electron chi connectivity index (χ1n) is 9.06. The number of nitrogen functional groups attached to an aromatic ring is 1. The number of hydrazone groups is 1. The van der Waals surface area contributed by atoms with Crippen molar-refractivity contribution in [2.75, 3.05) is 11.2 Å². The highest BCUT2D eigenvalue weighted by atomic mass is 35.5. The first-order valence-corrected chi connectivity index (χ1v) is 9.81. The molecule has 3 N–H and O–H groups in total. The van der Waals surface area contributed by atoms with Gasteiger partial charge in [0.1, 0.15) is 6.54 Å². The van der Waals surface area contributed by atoms with Gasteiger partial charge in [0.2, 0.25) is 5.82 Å². The topological polar surface area (TPSA) is 94.0 Å². The van der Waals surface area contributed by atoms with Crippen molar-refractivity contribution in [3.63, 3.8) is 0 Å². The fraction of sp³-hybridized carbons (Fsp3) is 0.0476. The van der Waals surface area contributed by atoms with Gasteiger partial charge in [0, 0.05) is 11.3 Å². The molecule has 4 aromatic rings. The molecule has 0 atom stereocenters. The van der Waals surface area contributed by atoms with Gasteiger partial charge in [-0.15, -0.1) is 10.2 Å². The van der Waals surface area contributed by atoms with Crippen LogP contribution in [-0.4, -0.2) is 25.9 Å². The number of nitrogens with zero attached hydrogens (tertiary/aromatic N) is 5. The molecule has 0 fully saturated rings. The zero-order valence-electron chi connectivity index (χ0n) is 15.7. The molecule has 0 saturated carbocycles. The summed E-state index contributed by atoms with van der Waals surface area (Å²) in [7, 11) is 0. The second kappa shape index (κ2) is 8.94. The molecule has 0 aliphatic rings. The van der Waals surface area contributed by atoms with Crippen LogP contribution in [0.2, 0.25) is 10.0 Å². The van der Waals surface area contributed by atoms with E-state index >= 15 is 0 Å². The maximum Gasteiger partial charge on any atom is 0.204 e. The minimum Gasteiger partial charge on any atom is -0.399 e. The smallest absolute Gasteiger partial charge is 0.204 e. The van der Waals surface area contributed by atoms with Gasteiger partial charge >= 0.3 is 0 Å². The summed E-state index contributed by atoms with van der Waals surface area (Å²) in [5.74, 6) is 0.542. The monoisotopic (exact) mass is 437 g/mol. The van der Waals surface area contributed by atoms with Crippen LogP contribution in [0.5, 0.6) is 0 Å². The molecule has 0 spiro atoms. The summed E-state index contributed by atoms with van der Waals surface area (Å²) in [4.78, 5) is 1.49. The number of tetrazole rings is 1. The lowest BCUT2D eigenvalue weighted by Crippen LogP contribution is -2.16. The summed E-state index contributed by atoms with van der Waals surface area (Å²) in [5, 5.41) is 18.0. The van der Waals surface area contributed by atoms with Crippen LogP contribution in [-0.2, 0) is 6.54 Å². The Morgan fingerprint density at radius 1 is 0.967 bits per heavy atom. The molecule has 3 aromatic carbocycles. The lowest BCUT2D eigenvalue weighted by Gasteiger charge is -2.10. The summed E-state index contributed by atoms with van der Waals surface area (Å²) in [6, 6.07) is 22.6. The third-order valence-corrected chi connectivity index (χ3v) is 4.85. The molecule has 30 heavy (non-hydrogen) atoms. The molecular weight excluding hydrogens is 421 g/mol. The van der Waals surface area contributed by atoms with Crippen molar-refractivity contribution in [2.24, 2.45) is 5.10 Å². The fourth-order valence-corrected chi connectivity index (χ4v) is 3.38. The largest absolute Gasteiger partial charge is 0.399 e. The molecule has 0 bridgehead atoms. The highest BCUT2D eigenvalue weighted by molar-refractivity contribution is 6.39. The standard InChI is InChI=1S/C21H17Cl2N7/c22-17-11-16(24)12-18(23)20(17)26-25-19(14-7-3-1-4-8-14)13-30-28-21(27-29-30)15-9-5-2-6-10-15/h1-12,26H,13,24H2. The maximum absolute atomic E-state index is 6.26. The lowest BCUT2D eigenvalue weighted by molar-refractivity contribution is 0.599. The van der Waals surface area contributed by atoms with E-state index in [0.717, 1.165) is 11.1 Å². The zero-order chi connectivity index (χ0) is 20.9. The molecule has 0 aliphatic heterocycles. The Balaban J connectivity index is 1.63. The fourth-order valence-electron chi connectivity index (χ4n) is 2.79. The van der Waals surface area contributed by atoms with E-state index in [-0.39, 0.29) is 0 Å². The summed E-state index contributed by atoms with van der Waals surface area (Å²) in [5.41, 5.74) is 12.1. The van der Waals surface area contributed by atoms with Crippen LogP contribution in [0.3, 0.4) is 0 Å². The van der Waals surface area contributed by atoms with E-state index in [1.807, 2.05) is 60.7 Å². The minimum absolute atomic E-state index is 0.293. The first-order chi connectivity index (χ1) is 14.6. The molecule has 0 aliphatic carbocycles. The summed E-state index contributed by atoms with van der Waals surface area (Å²) >= 11 is 12.5. The molecule has 0 amide bonds. The number of anilines is 2. The number of halogens is 2. The quantitative estimate of drug-likeness (QED) is 0.258. The van der Waals surface area contributed by atoms with Crippen LogP contribution in [0.25, 0.3) is 11.4 Å². The van der Waals surface area contributed by atoms with Crippen molar-refractivity contribution >= 4 is 40.3 Å². The van der Waals surface area contributed by atoms with E-state index in [1.54, 1.807) is 12.1 Å². The minimum atomic E-state index is 0.293. The van der Waals surface area contributed by atoms with Gasteiger partial charge in [-0.05, 0) is 22.9 Å². The van der Waals surface area contributed by atoms with Crippen LogP contribution < -0.4 is 11.2 Å². The van der Waals surface area contributed by atoms with E-state index in [0.29, 0.717) is 39.5 Å². The Morgan fingerprint density at radius 3 is 2.27 bits per heavy atom. The van der Waals surface area contributed by atoms with Gasteiger partial charge in [-0.1, -0.05) is 83.9 Å². The van der Waals surface area contributed by atoms with Crippen LogP contribution in [0, 0.1) is 0 Å². The number of hydrogen-bond donors (Lipinski definition) is 2. The van der Waals surface area contributed by atoms with Gasteiger partial charge in [-0.3, -0.25) is 5.43 Å². The zero-order valence-corrected chi connectivity index (χ0v) is 17.2. The van der Waals surface area contributed by atoms with Crippen molar-refractivity contribution in [1.29, 1.82) is 0 Å². The Morgan fingerprint density at radius 2 is 1.60 bits per heavy atom. The molecule has 4 rings (SSSR count). The van der Waals surface area contributed by atoms with E-state index in [2.05, 4.69) is 25.9 Å². The second-order valence-electron chi connectivity index (χ2n) is 6.41. The van der Waals surface area contributed by atoms with E-state index in [1.165, 1.54) is 4.80 Å². The normalized spacial score (nSPS) is 11.5. The van der Waals surface area contributed by atoms with Gasteiger partial charge in [0.15, 0.2) is 0 Å². The van der Waals surface area contributed by atoms with Gasteiger partial charge < -0.3 is 5.73 Å². The summed E-state index contributed by atoms with van der Waals surface area (Å²) in [6.07, 6.45) is 0. The number of aromatic nitrogens is 4. The Kier molecular flexibility index (Phi) is 5.92. The van der Waals surface area contributed by atoms with Gasteiger partial charge in [0.05, 0.1) is 21.4 Å². The molecule has 1 aromatic heterocycles. The Labute approximate surface area is 183 Å². The SMILES string of the molecule is Nc1cc(Cl)c(NN=C(Cn2nnc(-c3ccccc3)n2)c2ccccc2)c(Cl)c1. The van der Waals surface area contributed by atoms with E-state index in [9.17, 15) is 0 Å². The number of hydrogen-bond acceptors (Lipinski definition) is 6. The molecule has 9 heteroatoms. The van der Waals surface area contributed by atoms with Crippen molar-refractivity contribution in [1.82, 2.24) is 20.2 Å². The molecular formula is C21H17Cl2N7. The second-order valence-corrected chi connectivity index (χ2v) is 7.22. The summed E-state index contributed by atoms with van der Waals surface area (Å²) < 4.78 is 0. The van der Waals surface area contributed by atoms with Crippen molar-refractivity contribution in [3.05, 3.63) is 88.4 Å². The van der Waals surface area contributed by atoms with Gasteiger partial charge in [-0.2, -0.15) is 9.90 Å². The first kappa shape index (κ1) is 19.9. The predicted octanol–water partition coefficient (Wildman–Crippen LogP) is 4.75. The molecule has 1 heterocycles. The Hall–Kier alpha value is -3.42. The third kappa shape index (κ3) is 4.59. The van der Waals surface area contributed by atoms with Crippen molar-refractivity contribution in [3.8, 4) is 11.4 Å². The van der Waals surface area contributed by atoms with Crippen LogP contribution in [0.1, 0.15) is 5.56 Å². The average Bonchev–Trinajstić information content (AvgIpc) is 3.22. The molecule has 0 unspecified atom stereocenters. The molecule has 0 saturated heterocycles. The van der Waals surface area contributed by atoms with Crippen LogP contribution >= 0.6 is 23.2 Å². The number of nitrogens with two attached hydrogens (primary N) is 1. The van der Waals surface area contributed by atoms with Crippen molar-refractivity contribution < 1.29 is 0 Å². The van der Waals surface area contributed by atoms with Gasteiger partial charge in [0.25, 0.3) is 0 Å². The summed E-state index contributed by atoms with van der Waals surface area (Å²) in [6.45, 7) is 0.293. The van der Waals surface area contributed by atoms with Gasteiger partial charge in [-0.25, -0.2) is 0 Å². The maximum atomic E-state index is 6.26. The average molecular weight is 438 g/mol. The number of rotatable bonds is 6. The molecule has 7 nitrogen and oxygen atoms in total. The van der Waals surface area contributed by atoms with E-state index in [4.69, 9.17) is 28.9 Å². The molecule has 0 radical (unpaired) electrons. The third-order valence-electron chi connectivity index (χ3n) is 4.25. The van der Waals surface area contributed by atoms with Crippen molar-refractivity contribution in [2.45, 2.75) is 6.54 Å².